The Bertz CT molecular complexity index is 969. The molecule has 0 aliphatic heterocycles. The van der Waals surface area contributed by atoms with Gasteiger partial charge in [0.15, 0.2) is 0 Å². The second-order valence-electron chi connectivity index (χ2n) is 7.66. The van der Waals surface area contributed by atoms with Gasteiger partial charge in [-0.2, -0.15) is 0 Å². The minimum Gasteiger partial charge on any atom is -0.312 e. The zero-order valence-electron chi connectivity index (χ0n) is 16.4. The number of carbonyl (C=O) groups is 1. The molecule has 3 aromatic carbocycles. The number of oxime groups is 1. The first-order valence-electron chi connectivity index (χ1n) is 9.16. The van der Waals surface area contributed by atoms with Crippen LogP contribution in [0.4, 0.5) is 8.78 Å². The highest BCUT2D eigenvalue weighted by molar-refractivity contribution is 6.12. The summed E-state index contributed by atoms with van der Waals surface area (Å²) < 4.78 is 26.6. The van der Waals surface area contributed by atoms with Crippen LogP contribution < -0.4 is 0 Å². The summed E-state index contributed by atoms with van der Waals surface area (Å²) in [5, 5.41) is 3.99. The normalized spacial score (nSPS) is 11.1. The molecule has 0 N–H and O–H groups in total. The van der Waals surface area contributed by atoms with Crippen molar-refractivity contribution in [1.82, 2.24) is 0 Å². The average Bonchev–Trinajstić information content (AvgIpc) is 2.70. The van der Waals surface area contributed by atoms with E-state index in [1.807, 2.05) is 12.1 Å². The fourth-order valence-corrected chi connectivity index (χ4v) is 2.73. The van der Waals surface area contributed by atoms with Crippen LogP contribution in [-0.4, -0.2) is 11.7 Å². The highest BCUT2D eigenvalue weighted by atomic mass is 19.1. The highest BCUT2D eigenvalue weighted by Gasteiger charge is 2.16. The van der Waals surface area contributed by atoms with Gasteiger partial charge in [-0.1, -0.05) is 38.1 Å². The molecule has 0 saturated heterocycles. The second kappa shape index (κ2) is 8.35. The maximum absolute atomic E-state index is 13.3. The topological polar surface area (TPSA) is 38.7 Å². The van der Waals surface area contributed by atoms with Crippen molar-refractivity contribution in [2.45, 2.75) is 26.2 Å². The Kier molecular flexibility index (Phi) is 5.87. The molecule has 0 fully saturated rings. The zero-order chi connectivity index (χ0) is 21.0. The first-order chi connectivity index (χ1) is 13.7. The van der Waals surface area contributed by atoms with Crippen molar-refractivity contribution in [2.24, 2.45) is 5.16 Å². The molecule has 0 saturated carbocycles. The van der Waals surface area contributed by atoms with Crippen LogP contribution in [0.15, 0.2) is 78.0 Å². The van der Waals surface area contributed by atoms with Crippen LogP contribution in [0.1, 0.15) is 47.8 Å². The summed E-state index contributed by atoms with van der Waals surface area (Å²) in [5.74, 6) is -1.42. The van der Waals surface area contributed by atoms with Crippen molar-refractivity contribution in [3.63, 3.8) is 0 Å². The summed E-state index contributed by atoms with van der Waals surface area (Å²) in [7, 11) is 0. The first-order valence-corrected chi connectivity index (χ1v) is 9.16. The van der Waals surface area contributed by atoms with E-state index in [-0.39, 0.29) is 5.41 Å². The Balaban J connectivity index is 1.88. The third kappa shape index (κ3) is 5.13. The molecule has 0 amide bonds. The highest BCUT2D eigenvalue weighted by Crippen LogP contribution is 2.22. The van der Waals surface area contributed by atoms with Gasteiger partial charge in [0.1, 0.15) is 17.3 Å². The number of rotatable bonds is 4. The van der Waals surface area contributed by atoms with E-state index in [2.05, 4.69) is 25.9 Å². The lowest BCUT2D eigenvalue weighted by molar-refractivity contribution is 0.0517. The monoisotopic (exact) mass is 393 g/mol. The molecular formula is C24H21F2NO2. The molecular weight excluding hydrogens is 372 g/mol. The molecule has 5 heteroatoms. The Labute approximate surface area is 168 Å². The van der Waals surface area contributed by atoms with Crippen LogP contribution in [0.3, 0.4) is 0 Å². The van der Waals surface area contributed by atoms with E-state index in [1.54, 1.807) is 12.1 Å². The summed E-state index contributed by atoms with van der Waals surface area (Å²) in [5.41, 5.74) is 2.79. The van der Waals surface area contributed by atoms with Gasteiger partial charge in [0.25, 0.3) is 0 Å². The van der Waals surface area contributed by atoms with Crippen LogP contribution in [-0.2, 0) is 10.3 Å². The van der Waals surface area contributed by atoms with Crippen LogP contribution >= 0.6 is 0 Å². The number of nitrogens with zero attached hydrogens (tertiary/aromatic N) is 1. The molecule has 3 aromatic rings. The van der Waals surface area contributed by atoms with Crippen molar-refractivity contribution in [2.75, 3.05) is 0 Å². The molecule has 0 radical (unpaired) electrons. The molecule has 3 rings (SSSR count). The van der Waals surface area contributed by atoms with E-state index in [9.17, 15) is 13.6 Å². The van der Waals surface area contributed by atoms with Crippen molar-refractivity contribution in [3.8, 4) is 0 Å². The number of hydrogen-bond acceptors (Lipinski definition) is 3. The van der Waals surface area contributed by atoms with Gasteiger partial charge in [-0.15, -0.1) is 0 Å². The summed E-state index contributed by atoms with van der Waals surface area (Å²) in [4.78, 5) is 17.6. The van der Waals surface area contributed by atoms with Gasteiger partial charge in [0.2, 0.25) is 0 Å². The molecule has 0 unspecified atom stereocenters. The minimum atomic E-state index is -0.618. The molecule has 0 aromatic heterocycles. The number of hydrogen-bond donors (Lipinski definition) is 0. The molecule has 0 atom stereocenters. The van der Waals surface area contributed by atoms with Gasteiger partial charge < -0.3 is 4.84 Å². The standard InChI is InChI=1S/C24H21F2NO2/c1-24(2,3)19-10-4-18(5-11-19)23(28)29-27-22(16-6-12-20(25)13-7-16)17-8-14-21(26)15-9-17/h4-15H,1-3H3. The molecule has 29 heavy (non-hydrogen) atoms. The summed E-state index contributed by atoms with van der Waals surface area (Å²) >= 11 is 0. The van der Waals surface area contributed by atoms with Gasteiger partial charge in [0, 0.05) is 11.1 Å². The minimum absolute atomic E-state index is 0.0288. The lowest BCUT2D eigenvalue weighted by atomic mass is 9.87. The van der Waals surface area contributed by atoms with Crippen LogP contribution in [0, 0.1) is 11.6 Å². The van der Waals surface area contributed by atoms with E-state index in [0.29, 0.717) is 22.4 Å². The SMILES string of the molecule is CC(C)(C)c1ccc(C(=O)ON=C(c2ccc(F)cc2)c2ccc(F)cc2)cc1. The predicted molar refractivity (Wildman–Crippen MR) is 109 cm³/mol. The smallest absolute Gasteiger partial charge is 0.312 e. The van der Waals surface area contributed by atoms with Gasteiger partial charge in [0.05, 0.1) is 5.56 Å². The zero-order valence-corrected chi connectivity index (χ0v) is 16.4. The van der Waals surface area contributed by atoms with Crippen molar-refractivity contribution in [1.29, 1.82) is 0 Å². The van der Waals surface area contributed by atoms with Crippen LogP contribution in [0.5, 0.6) is 0 Å². The second-order valence-corrected chi connectivity index (χ2v) is 7.66. The number of benzene rings is 3. The van der Waals surface area contributed by atoms with Gasteiger partial charge >= 0.3 is 5.97 Å². The quantitative estimate of drug-likeness (QED) is 0.316. The van der Waals surface area contributed by atoms with E-state index < -0.39 is 17.6 Å². The summed E-state index contributed by atoms with van der Waals surface area (Å²) in [6.07, 6.45) is 0. The Morgan fingerprint density at radius 3 is 1.55 bits per heavy atom. The lowest BCUT2D eigenvalue weighted by Gasteiger charge is -2.18. The van der Waals surface area contributed by atoms with Gasteiger partial charge in [-0.05, 0) is 71.6 Å². The largest absolute Gasteiger partial charge is 0.365 e. The Morgan fingerprint density at radius 2 is 1.14 bits per heavy atom. The predicted octanol–water partition coefficient (Wildman–Crippen LogP) is 5.87. The lowest BCUT2D eigenvalue weighted by Crippen LogP contribution is -2.12. The van der Waals surface area contributed by atoms with Crippen LogP contribution in [0.2, 0.25) is 0 Å². The molecule has 3 nitrogen and oxygen atoms in total. The number of carbonyl (C=O) groups excluding carboxylic acids is 1. The molecule has 0 bridgehead atoms. The number of halogens is 2. The van der Waals surface area contributed by atoms with Crippen molar-refractivity contribution >= 4 is 11.7 Å². The maximum Gasteiger partial charge on any atom is 0.365 e. The third-order valence-corrected chi connectivity index (χ3v) is 4.44. The average molecular weight is 393 g/mol. The van der Waals surface area contributed by atoms with E-state index in [4.69, 9.17) is 4.84 Å². The molecule has 0 heterocycles. The third-order valence-electron chi connectivity index (χ3n) is 4.44. The van der Waals surface area contributed by atoms with E-state index in [0.717, 1.165) is 5.56 Å². The molecule has 0 aliphatic carbocycles. The Hall–Kier alpha value is -3.34. The van der Waals surface area contributed by atoms with Crippen molar-refractivity contribution < 1.29 is 18.4 Å². The molecule has 0 spiro atoms. The van der Waals surface area contributed by atoms with Crippen molar-refractivity contribution in [3.05, 3.63) is 107 Å². The fraction of sp³-hybridized carbons (Fsp3) is 0.167. The first kappa shape index (κ1) is 20.4. The molecule has 0 aliphatic rings. The fourth-order valence-electron chi connectivity index (χ4n) is 2.73. The summed E-state index contributed by atoms with van der Waals surface area (Å²) in [6, 6.07) is 18.3. The van der Waals surface area contributed by atoms with E-state index >= 15 is 0 Å². The van der Waals surface area contributed by atoms with Gasteiger partial charge in [-0.3, -0.25) is 0 Å². The summed E-state index contributed by atoms with van der Waals surface area (Å²) in [6.45, 7) is 6.26. The van der Waals surface area contributed by atoms with Gasteiger partial charge in [-0.25, -0.2) is 13.6 Å². The maximum atomic E-state index is 13.3. The van der Waals surface area contributed by atoms with E-state index in [1.165, 1.54) is 48.5 Å². The van der Waals surface area contributed by atoms with Crippen LogP contribution in [0.25, 0.3) is 0 Å². The molecule has 148 valence electrons. The Morgan fingerprint density at radius 1 is 0.724 bits per heavy atom.